The molecule has 0 aliphatic heterocycles. The van der Waals surface area contributed by atoms with Gasteiger partial charge in [0, 0.05) is 10.6 Å². The largest absolute Gasteiger partial charge is 0.372 e. The summed E-state index contributed by atoms with van der Waals surface area (Å²) in [6.45, 7) is 11.2. The van der Waals surface area contributed by atoms with Crippen molar-refractivity contribution in [3.05, 3.63) is 41.5 Å². The highest BCUT2D eigenvalue weighted by atomic mass is 32.2. The number of ether oxygens (including phenoxy) is 1. The monoisotopic (exact) mass is 264 g/mol. The third-order valence-corrected chi connectivity index (χ3v) is 3.37. The highest BCUT2D eigenvalue weighted by molar-refractivity contribution is 7.99. The SMILES string of the molecule is CC(=CCSc1ccc(C)cc1)COC(C)(C)C. The van der Waals surface area contributed by atoms with Gasteiger partial charge in [0.05, 0.1) is 12.2 Å². The van der Waals surface area contributed by atoms with Gasteiger partial charge in [-0.15, -0.1) is 11.8 Å². The van der Waals surface area contributed by atoms with E-state index in [2.05, 4.69) is 65.0 Å². The van der Waals surface area contributed by atoms with E-state index in [9.17, 15) is 0 Å². The van der Waals surface area contributed by atoms with E-state index >= 15 is 0 Å². The summed E-state index contributed by atoms with van der Waals surface area (Å²) in [7, 11) is 0. The molecule has 0 aromatic heterocycles. The smallest absolute Gasteiger partial charge is 0.0681 e. The first-order chi connectivity index (χ1) is 8.37. The molecule has 0 saturated heterocycles. The van der Waals surface area contributed by atoms with Gasteiger partial charge in [-0.2, -0.15) is 0 Å². The van der Waals surface area contributed by atoms with Crippen LogP contribution in [0.3, 0.4) is 0 Å². The summed E-state index contributed by atoms with van der Waals surface area (Å²) in [6, 6.07) is 8.66. The first-order valence-corrected chi connectivity index (χ1v) is 7.34. The molecule has 18 heavy (non-hydrogen) atoms. The van der Waals surface area contributed by atoms with Gasteiger partial charge >= 0.3 is 0 Å². The van der Waals surface area contributed by atoms with Crippen molar-refractivity contribution in [3.8, 4) is 0 Å². The van der Waals surface area contributed by atoms with E-state index < -0.39 is 0 Å². The standard InChI is InChI=1S/C16H24OS/c1-13-6-8-15(9-7-13)18-11-10-14(2)12-17-16(3,4)5/h6-10H,11-12H2,1-5H3. The van der Waals surface area contributed by atoms with Crippen molar-refractivity contribution >= 4 is 11.8 Å². The van der Waals surface area contributed by atoms with Crippen LogP contribution in [0.5, 0.6) is 0 Å². The Morgan fingerprint density at radius 1 is 1.22 bits per heavy atom. The van der Waals surface area contributed by atoms with Crippen LogP contribution < -0.4 is 0 Å². The van der Waals surface area contributed by atoms with E-state index in [1.54, 1.807) is 0 Å². The minimum atomic E-state index is -0.0563. The fraction of sp³-hybridized carbons (Fsp3) is 0.500. The maximum atomic E-state index is 5.73. The van der Waals surface area contributed by atoms with Gasteiger partial charge in [-0.3, -0.25) is 0 Å². The molecule has 0 aliphatic carbocycles. The van der Waals surface area contributed by atoms with E-state index in [0.29, 0.717) is 0 Å². The van der Waals surface area contributed by atoms with Crippen molar-refractivity contribution in [1.82, 2.24) is 0 Å². The fourth-order valence-electron chi connectivity index (χ4n) is 1.30. The maximum Gasteiger partial charge on any atom is 0.0681 e. The van der Waals surface area contributed by atoms with Crippen LogP contribution in [0.2, 0.25) is 0 Å². The molecule has 1 rings (SSSR count). The Morgan fingerprint density at radius 2 is 1.83 bits per heavy atom. The van der Waals surface area contributed by atoms with E-state index in [1.165, 1.54) is 16.0 Å². The van der Waals surface area contributed by atoms with Crippen molar-refractivity contribution < 1.29 is 4.74 Å². The van der Waals surface area contributed by atoms with Gasteiger partial charge in [0.15, 0.2) is 0 Å². The number of thioether (sulfide) groups is 1. The van der Waals surface area contributed by atoms with Crippen LogP contribution >= 0.6 is 11.8 Å². The van der Waals surface area contributed by atoms with Crippen LogP contribution in [0.1, 0.15) is 33.3 Å². The molecule has 0 aliphatic rings. The van der Waals surface area contributed by atoms with E-state index in [1.807, 2.05) is 11.8 Å². The maximum absolute atomic E-state index is 5.73. The molecule has 0 saturated carbocycles. The Balaban J connectivity index is 2.33. The summed E-state index contributed by atoms with van der Waals surface area (Å²) in [6.07, 6.45) is 2.25. The molecule has 2 heteroatoms. The molecule has 0 radical (unpaired) electrons. The molecule has 1 nitrogen and oxygen atoms in total. The molecule has 1 aromatic carbocycles. The summed E-state index contributed by atoms with van der Waals surface area (Å²) in [5.74, 6) is 1.00. The van der Waals surface area contributed by atoms with E-state index in [4.69, 9.17) is 4.74 Å². The Kier molecular flexibility index (Phi) is 5.97. The van der Waals surface area contributed by atoms with E-state index in [0.717, 1.165) is 12.4 Å². The number of hydrogen-bond donors (Lipinski definition) is 0. The third kappa shape index (κ3) is 6.87. The van der Waals surface area contributed by atoms with Gasteiger partial charge in [0.25, 0.3) is 0 Å². The predicted molar refractivity (Wildman–Crippen MR) is 81.4 cm³/mol. The Labute approximate surface area is 116 Å². The highest BCUT2D eigenvalue weighted by Gasteiger charge is 2.09. The third-order valence-electron chi connectivity index (χ3n) is 2.44. The minimum absolute atomic E-state index is 0.0563. The quantitative estimate of drug-likeness (QED) is 0.555. The molecule has 0 spiro atoms. The molecule has 0 amide bonds. The molecule has 0 N–H and O–H groups in total. The van der Waals surface area contributed by atoms with Crippen molar-refractivity contribution in [2.75, 3.05) is 12.4 Å². The number of rotatable bonds is 5. The topological polar surface area (TPSA) is 9.23 Å². The normalized spacial score (nSPS) is 12.8. The molecule has 0 bridgehead atoms. The Bertz CT molecular complexity index is 385. The fourth-order valence-corrected chi connectivity index (χ4v) is 2.19. The van der Waals surface area contributed by atoms with Gasteiger partial charge in [0.1, 0.15) is 0 Å². The lowest BCUT2D eigenvalue weighted by atomic mass is 10.2. The van der Waals surface area contributed by atoms with Gasteiger partial charge in [0.2, 0.25) is 0 Å². The first-order valence-electron chi connectivity index (χ1n) is 6.36. The molecular formula is C16H24OS. The summed E-state index contributed by atoms with van der Waals surface area (Å²) >= 11 is 1.86. The average molecular weight is 264 g/mol. The van der Waals surface area contributed by atoms with Gasteiger partial charge in [-0.25, -0.2) is 0 Å². The van der Waals surface area contributed by atoms with Crippen LogP contribution in [0.15, 0.2) is 40.8 Å². The molecule has 0 heterocycles. The average Bonchev–Trinajstić information content (AvgIpc) is 2.28. The number of hydrogen-bond acceptors (Lipinski definition) is 2. The van der Waals surface area contributed by atoms with Gasteiger partial charge in [-0.05, 0) is 46.8 Å². The van der Waals surface area contributed by atoms with Crippen LogP contribution in [0.25, 0.3) is 0 Å². The van der Waals surface area contributed by atoms with Crippen molar-refractivity contribution in [2.45, 2.75) is 45.1 Å². The van der Waals surface area contributed by atoms with Crippen LogP contribution in [0, 0.1) is 6.92 Å². The summed E-state index contributed by atoms with van der Waals surface area (Å²) in [5, 5.41) is 0. The van der Waals surface area contributed by atoms with Crippen LogP contribution in [0.4, 0.5) is 0 Å². The second-order valence-corrected chi connectivity index (χ2v) is 6.67. The molecule has 0 unspecified atom stereocenters. The molecule has 0 fully saturated rings. The molecule has 100 valence electrons. The second kappa shape index (κ2) is 7.01. The number of benzene rings is 1. The van der Waals surface area contributed by atoms with Gasteiger partial charge < -0.3 is 4.74 Å². The first kappa shape index (κ1) is 15.3. The predicted octanol–water partition coefficient (Wildman–Crippen LogP) is 4.85. The highest BCUT2D eigenvalue weighted by Crippen LogP contribution is 2.19. The summed E-state index contributed by atoms with van der Waals surface area (Å²) in [4.78, 5) is 1.32. The number of aryl methyl sites for hydroxylation is 1. The summed E-state index contributed by atoms with van der Waals surface area (Å²) in [5.41, 5.74) is 2.55. The molecular weight excluding hydrogens is 240 g/mol. The van der Waals surface area contributed by atoms with Crippen LogP contribution in [-0.2, 0) is 4.74 Å². The second-order valence-electron chi connectivity index (χ2n) is 5.58. The van der Waals surface area contributed by atoms with Gasteiger partial charge in [-0.1, -0.05) is 29.3 Å². The lowest BCUT2D eigenvalue weighted by Gasteiger charge is -2.19. The molecule has 1 aromatic rings. The zero-order valence-corrected chi connectivity index (χ0v) is 12.9. The summed E-state index contributed by atoms with van der Waals surface area (Å²) < 4.78 is 5.73. The van der Waals surface area contributed by atoms with Crippen molar-refractivity contribution in [3.63, 3.8) is 0 Å². The Morgan fingerprint density at radius 3 is 2.39 bits per heavy atom. The van der Waals surface area contributed by atoms with Crippen LogP contribution in [-0.4, -0.2) is 18.0 Å². The lowest BCUT2D eigenvalue weighted by molar-refractivity contribution is 0.0111. The van der Waals surface area contributed by atoms with Crippen molar-refractivity contribution in [1.29, 1.82) is 0 Å². The minimum Gasteiger partial charge on any atom is -0.372 e. The zero-order valence-electron chi connectivity index (χ0n) is 12.1. The zero-order chi connectivity index (χ0) is 13.6. The molecule has 0 atom stereocenters. The van der Waals surface area contributed by atoms with E-state index in [-0.39, 0.29) is 5.60 Å². The Hall–Kier alpha value is -0.730. The van der Waals surface area contributed by atoms with Crippen molar-refractivity contribution in [2.24, 2.45) is 0 Å². The lowest BCUT2D eigenvalue weighted by Crippen LogP contribution is -2.20.